The van der Waals surface area contributed by atoms with Gasteiger partial charge in [-0.1, -0.05) is 18.2 Å². The Hall–Kier alpha value is -3.49. The molecule has 0 radical (unpaired) electrons. The van der Waals surface area contributed by atoms with Crippen LogP contribution in [0.5, 0.6) is 5.75 Å². The number of nitrogens with zero attached hydrogens (tertiary/aromatic N) is 2. The van der Waals surface area contributed by atoms with Crippen molar-refractivity contribution >= 4 is 39.1 Å². The number of amides is 1. The van der Waals surface area contributed by atoms with Gasteiger partial charge in [-0.05, 0) is 56.3 Å². The van der Waals surface area contributed by atoms with E-state index in [-0.39, 0.29) is 11.9 Å². The highest BCUT2D eigenvalue weighted by atomic mass is 32.1. The maximum atomic E-state index is 12.5. The molecule has 2 aromatic heterocycles. The predicted octanol–water partition coefficient (Wildman–Crippen LogP) is 4.59. The molecule has 1 aliphatic heterocycles. The fraction of sp³-hybridized carbons (Fsp3) is 0.240. The lowest BCUT2D eigenvalue weighted by molar-refractivity contribution is 0.0929. The maximum absolute atomic E-state index is 12.5. The number of aromatic nitrogens is 2. The van der Waals surface area contributed by atoms with Gasteiger partial charge in [0.2, 0.25) is 5.95 Å². The van der Waals surface area contributed by atoms with E-state index < -0.39 is 0 Å². The molecule has 1 saturated heterocycles. The van der Waals surface area contributed by atoms with Gasteiger partial charge in [0.25, 0.3) is 5.91 Å². The number of para-hydroxylation sites is 1. The van der Waals surface area contributed by atoms with Gasteiger partial charge in [-0.25, -0.2) is 9.97 Å². The minimum Gasteiger partial charge on any atom is -0.496 e. The molecule has 0 aliphatic carbocycles. The minimum absolute atomic E-state index is 0.0363. The van der Waals surface area contributed by atoms with Crippen molar-refractivity contribution in [1.29, 1.82) is 0 Å². The van der Waals surface area contributed by atoms with Gasteiger partial charge in [-0.15, -0.1) is 11.3 Å². The van der Waals surface area contributed by atoms with Crippen molar-refractivity contribution in [2.24, 2.45) is 0 Å². The molecule has 0 bridgehead atoms. The molecule has 8 heteroatoms. The van der Waals surface area contributed by atoms with Crippen molar-refractivity contribution in [1.82, 2.24) is 20.6 Å². The summed E-state index contributed by atoms with van der Waals surface area (Å²) >= 11 is 1.61. The third kappa shape index (κ3) is 4.67. The molecule has 0 unspecified atom stereocenters. The number of anilines is 2. The Labute approximate surface area is 196 Å². The Balaban J connectivity index is 1.33. The zero-order valence-electron chi connectivity index (χ0n) is 18.3. The monoisotopic (exact) mass is 459 g/mol. The van der Waals surface area contributed by atoms with Gasteiger partial charge in [0.05, 0.1) is 23.5 Å². The number of benzene rings is 2. The lowest BCUT2D eigenvalue weighted by Gasteiger charge is -2.23. The first-order valence-electron chi connectivity index (χ1n) is 11.0. The summed E-state index contributed by atoms with van der Waals surface area (Å²) in [6.07, 6.45) is 3.75. The van der Waals surface area contributed by atoms with Crippen LogP contribution in [0, 0.1) is 0 Å². The first-order valence-corrected chi connectivity index (χ1v) is 11.9. The third-order valence-corrected chi connectivity index (χ3v) is 6.70. The van der Waals surface area contributed by atoms with E-state index in [4.69, 9.17) is 9.72 Å². The topological polar surface area (TPSA) is 88.2 Å². The second kappa shape index (κ2) is 9.56. The standard InChI is InChI=1S/C25H25N5O2S/c1-32-21-5-3-2-4-19(21)20-15-33-22-14-27-25(30-23(20)22)29-17-8-6-16(7-9-17)24(31)28-18-10-12-26-13-11-18/h2-9,14-15,18,26H,10-13H2,1H3,(H,28,31)(H,27,29,30). The molecule has 0 saturated carbocycles. The van der Waals surface area contributed by atoms with Crippen LogP contribution in [0.4, 0.5) is 11.6 Å². The third-order valence-electron chi connectivity index (χ3n) is 5.79. The summed E-state index contributed by atoms with van der Waals surface area (Å²) in [7, 11) is 1.67. The van der Waals surface area contributed by atoms with Crippen molar-refractivity contribution in [3.05, 3.63) is 65.7 Å². The number of methoxy groups -OCH3 is 1. The molecule has 1 aliphatic rings. The van der Waals surface area contributed by atoms with E-state index in [9.17, 15) is 4.79 Å². The summed E-state index contributed by atoms with van der Waals surface area (Å²) < 4.78 is 6.54. The van der Waals surface area contributed by atoms with Crippen LogP contribution < -0.4 is 20.7 Å². The van der Waals surface area contributed by atoms with Gasteiger partial charge in [0.15, 0.2) is 0 Å². The molecule has 3 N–H and O–H groups in total. The number of carbonyl (C=O) groups is 1. The van der Waals surface area contributed by atoms with Crippen molar-refractivity contribution in [2.75, 3.05) is 25.5 Å². The van der Waals surface area contributed by atoms with Crippen molar-refractivity contribution < 1.29 is 9.53 Å². The molecular formula is C25H25N5O2S. The first kappa shape index (κ1) is 21.4. The van der Waals surface area contributed by atoms with E-state index in [1.54, 1.807) is 18.4 Å². The van der Waals surface area contributed by atoms with E-state index in [0.717, 1.165) is 58.7 Å². The molecule has 4 aromatic rings. The average Bonchev–Trinajstić information content (AvgIpc) is 3.28. The molecule has 3 heterocycles. The highest BCUT2D eigenvalue weighted by molar-refractivity contribution is 7.17. The molecule has 0 spiro atoms. The van der Waals surface area contributed by atoms with Crippen LogP contribution in [0.2, 0.25) is 0 Å². The fourth-order valence-electron chi connectivity index (χ4n) is 4.02. The SMILES string of the molecule is COc1ccccc1-c1csc2cnc(Nc3ccc(C(=O)NC4CCNCC4)cc3)nc12. The zero-order chi connectivity index (χ0) is 22.6. The normalized spacial score (nSPS) is 14.2. The second-order valence-corrected chi connectivity index (χ2v) is 8.87. The van der Waals surface area contributed by atoms with E-state index in [1.807, 2.05) is 54.7 Å². The van der Waals surface area contributed by atoms with E-state index in [1.165, 1.54) is 0 Å². The van der Waals surface area contributed by atoms with Crippen LogP contribution in [0.15, 0.2) is 60.1 Å². The summed E-state index contributed by atoms with van der Waals surface area (Å²) in [6, 6.07) is 15.5. The van der Waals surface area contributed by atoms with Gasteiger partial charge in [-0.2, -0.15) is 0 Å². The summed E-state index contributed by atoms with van der Waals surface area (Å²) in [6.45, 7) is 1.89. The Morgan fingerprint density at radius 3 is 2.67 bits per heavy atom. The smallest absolute Gasteiger partial charge is 0.251 e. The molecule has 1 fully saturated rings. The van der Waals surface area contributed by atoms with E-state index in [0.29, 0.717) is 11.5 Å². The van der Waals surface area contributed by atoms with Crippen LogP contribution in [0.3, 0.4) is 0 Å². The van der Waals surface area contributed by atoms with Gasteiger partial charge in [-0.3, -0.25) is 4.79 Å². The number of carbonyl (C=O) groups excluding carboxylic acids is 1. The molecule has 33 heavy (non-hydrogen) atoms. The fourth-order valence-corrected chi connectivity index (χ4v) is 4.88. The summed E-state index contributed by atoms with van der Waals surface area (Å²) in [5.41, 5.74) is 4.36. The molecule has 1 amide bonds. The summed E-state index contributed by atoms with van der Waals surface area (Å²) in [5, 5.41) is 11.8. The van der Waals surface area contributed by atoms with Gasteiger partial charge < -0.3 is 20.7 Å². The van der Waals surface area contributed by atoms with Crippen LogP contribution >= 0.6 is 11.3 Å². The number of hydrogen-bond acceptors (Lipinski definition) is 7. The van der Waals surface area contributed by atoms with Gasteiger partial charge >= 0.3 is 0 Å². The number of fused-ring (bicyclic) bond motifs is 1. The molecule has 5 rings (SSSR count). The van der Waals surface area contributed by atoms with Crippen molar-refractivity contribution in [2.45, 2.75) is 18.9 Å². The van der Waals surface area contributed by atoms with Gasteiger partial charge in [0, 0.05) is 33.8 Å². The largest absolute Gasteiger partial charge is 0.496 e. The zero-order valence-corrected chi connectivity index (χ0v) is 19.1. The van der Waals surface area contributed by atoms with E-state index >= 15 is 0 Å². The highest BCUT2D eigenvalue weighted by Gasteiger charge is 2.17. The van der Waals surface area contributed by atoms with E-state index in [2.05, 4.69) is 26.3 Å². The van der Waals surface area contributed by atoms with Crippen LogP contribution in [0.1, 0.15) is 23.2 Å². The lowest BCUT2D eigenvalue weighted by Crippen LogP contribution is -2.42. The Bertz CT molecular complexity index is 1270. The number of thiophene rings is 1. The minimum atomic E-state index is -0.0363. The van der Waals surface area contributed by atoms with Crippen LogP contribution in [-0.4, -0.2) is 42.1 Å². The predicted molar refractivity (Wildman–Crippen MR) is 132 cm³/mol. The number of nitrogens with one attached hydrogen (secondary N) is 3. The highest BCUT2D eigenvalue weighted by Crippen LogP contribution is 2.37. The lowest BCUT2D eigenvalue weighted by atomic mass is 10.1. The molecule has 0 atom stereocenters. The molecule has 2 aromatic carbocycles. The quantitative estimate of drug-likeness (QED) is 0.391. The van der Waals surface area contributed by atoms with Crippen LogP contribution in [0.25, 0.3) is 21.3 Å². The molecular weight excluding hydrogens is 434 g/mol. The summed E-state index contributed by atoms with van der Waals surface area (Å²) in [5.74, 6) is 1.28. The first-order chi connectivity index (χ1) is 16.2. The Morgan fingerprint density at radius 2 is 1.88 bits per heavy atom. The average molecular weight is 460 g/mol. The van der Waals surface area contributed by atoms with Crippen molar-refractivity contribution in [3.63, 3.8) is 0 Å². The summed E-state index contributed by atoms with van der Waals surface area (Å²) in [4.78, 5) is 21.8. The number of hydrogen-bond donors (Lipinski definition) is 3. The number of piperidine rings is 1. The van der Waals surface area contributed by atoms with Crippen LogP contribution in [-0.2, 0) is 0 Å². The Morgan fingerprint density at radius 1 is 1.09 bits per heavy atom. The van der Waals surface area contributed by atoms with Gasteiger partial charge in [0.1, 0.15) is 5.75 Å². The van der Waals surface area contributed by atoms with Crippen molar-refractivity contribution in [3.8, 4) is 16.9 Å². The number of ether oxygens (including phenoxy) is 1. The molecule has 168 valence electrons. The molecule has 7 nitrogen and oxygen atoms in total. The second-order valence-electron chi connectivity index (χ2n) is 7.96. The number of rotatable bonds is 6. The Kier molecular flexibility index (Phi) is 6.19. The maximum Gasteiger partial charge on any atom is 0.251 e.